The first kappa shape index (κ1) is 22.4. The average Bonchev–Trinajstić information content (AvgIpc) is 2.92. The SMILES string of the molecule is CC(=O)Nc1ccccc1Cn1c2c(c3c(OCC(=O)O)cccc31)C(C(N)=O)CCCC2. The molecule has 1 heterocycles. The van der Waals surface area contributed by atoms with Crippen molar-refractivity contribution in [2.45, 2.75) is 45.1 Å². The number of benzene rings is 2. The summed E-state index contributed by atoms with van der Waals surface area (Å²) >= 11 is 0. The first-order chi connectivity index (χ1) is 15.9. The Morgan fingerprint density at radius 3 is 2.67 bits per heavy atom. The van der Waals surface area contributed by atoms with Crippen LogP contribution in [0.2, 0.25) is 0 Å². The predicted molar refractivity (Wildman–Crippen MR) is 124 cm³/mol. The van der Waals surface area contributed by atoms with Crippen LogP contribution in [-0.2, 0) is 27.3 Å². The van der Waals surface area contributed by atoms with Gasteiger partial charge in [-0.25, -0.2) is 4.79 Å². The zero-order valence-corrected chi connectivity index (χ0v) is 18.5. The number of rotatable bonds is 7. The van der Waals surface area contributed by atoms with Crippen LogP contribution in [0.25, 0.3) is 10.9 Å². The summed E-state index contributed by atoms with van der Waals surface area (Å²) in [5.41, 5.74) is 10.1. The molecule has 1 aliphatic carbocycles. The molecule has 1 unspecified atom stereocenters. The molecule has 0 saturated carbocycles. The maximum atomic E-state index is 12.5. The van der Waals surface area contributed by atoms with E-state index in [1.165, 1.54) is 6.92 Å². The molecule has 2 aromatic carbocycles. The number of carbonyl (C=O) groups excluding carboxylic acids is 2. The number of primary amides is 1. The number of carboxylic acids is 1. The van der Waals surface area contributed by atoms with E-state index in [0.717, 1.165) is 52.7 Å². The van der Waals surface area contributed by atoms with Crippen LogP contribution >= 0.6 is 0 Å². The molecular formula is C25H27N3O5. The minimum absolute atomic E-state index is 0.156. The first-order valence-electron chi connectivity index (χ1n) is 11.0. The molecule has 1 atom stereocenters. The molecule has 0 radical (unpaired) electrons. The van der Waals surface area contributed by atoms with Gasteiger partial charge in [-0.05, 0) is 48.6 Å². The Morgan fingerprint density at radius 2 is 1.94 bits per heavy atom. The van der Waals surface area contributed by atoms with E-state index in [0.29, 0.717) is 18.7 Å². The molecule has 2 amide bonds. The second-order valence-corrected chi connectivity index (χ2v) is 8.32. The summed E-state index contributed by atoms with van der Waals surface area (Å²) < 4.78 is 7.77. The standard InChI is InChI=1S/C25H27N3O5/c1-15(29)27-18-9-4-2-7-16(18)13-28-19-10-5-3-8-17(25(26)32)23(19)24-20(28)11-6-12-21(24)33-14-22(30)31/h2,4,6-7,9,11-12,17H,3,5,8,10,13-14H2,1H3,(H2,26,32)(H,27,29)(H,30,31). The number of hydrogen-bond acceptors (Lipinski definition) is 4. The largest absolute Gasteiger partial charge is 0.481 e. The maximum Gasteiger partial charge on any atom is 0.341 e. The van der Waals surface area contributed by atoms with E-state index in [2.05, 4.69) is 9.88 Å². The number of nitrogens with one attached hydrogen (secondary N) is 1. The van der Waals surface area contributed by atoms with Crippen LogP contribution < -0.4 is 15.8 Å². The van der Waals surface area contributed by atoms with Crippen LogP contribution in [0, 0.1) is 0 Å². The molecule has 172 valence electrons. The molecule has 33 heavy (non-hydrogen) atoms. The second-order valence-electron chi connectivity index (χ2n) is 8.32. The maximum absolute atomic E-state index is 12.5. The lowest BCUT2D eigenvalue weighted by atomic mass is 9.92. The van der Waals surface area contributed by atoms with Crippen molar-refractivity contribution in [3.63, 3.8) is 0 Å². The lowest BCUT2D eigenvalue weighted by Gasteiger charge is -2.15. The van der Waals surface area contributed by atoms with Gasteiger partial charge in [0.2, 0.25) is 11.8 Å². The van der Waals surface area contributed by atoms with E-state index in [1.54, 1.807) is 6.07 Å². The highest BCUT2D eigenvalue weighted by Gasteiger charge is 2.31. The van der Waals surface area contributed by atoms with E-state index >= 15 is 0 Å². The van der Waals surface area contributed by atoms with Crippen molar-refractivity contribution in [3.8, 4) is 5.75 Å². The van der Waals surface area contributed by atoms with Gasteiger partial charge < -0.3 is 25.5 Å². The summed E-state index contributed by atoms with van der Waals surface area (Å²) in [6.45, 7) is 1.46. The number of ether oxygens (including phenoxy) is 1. The van der Waals surface area contributed by atoms with Gasteiger partial charge in [0, 0.05) is 30.2 Å². The predicted octanol–water partition coefficient (Wildman–Crippen LogP) is 3.41. The molecule has 8 nitrogen and oxygen atoms in total. The number of amides is 2. The third-order valence-electron chi connectivity index (χ3n) is 6.06. The van der Waals surface area contributed by atoms with E-state index in [-0.39, 0.29) is 5.91 Å². The highest BCUT2D eigenvalue weighted by atomic mass is 16.5. The molecular weight excluding hydrogens is 422 g/mol. The van der Waals surface area contributed by atoms with Crippen LogP contribution in [0.15, 0.2) is 42.5 Å². The fraction of sp³-hybridized carbons (Fsp3) is 0.320. The van der Waals surface area contributed by atoms with Gasteiger partial charge in [0.1, 0.15) is 5.75 Å². The van der Waals surface area contributed by atoms with Crippen LogP contribution in [0.1, 0.15) is 48.9 Å². The van der Waals surface area contributed by atoms with Crippen molar-refractivity contribution in [1.29, 1.82) is 0 Å². The van der Waals surface area contributed by atoms with Crippen molar-refractivity contribution in [2.24, 2.45) is 5.73 Å². The van der Waals surface area contributed by atoms with Crippen molar-refractivity contribution in [1.82, 2.24) is 4.57 Å². The van der Waals surface area contributed by atoms with Gasteiger partial charge in [-0.15, -0.1) is 0 Å². The number of carboxylic acid groups (broad SMARTS) is 1. The lowest BCUT2D eigenvalue weighted by molar-refractivity contribution is -0.139. The smallest absolute Gasteiger partial charge is 0.341 e. The zero-order chi connectivity index (χ0) is 23.5. The van der Waals surface area contributed by atoms with Gasteiger partial charge >= 0.3 is 5.97 Å². The third kappa shape index (κ3) is 4.55. The molecule has 4 rings (SSSR count). The summed E-state index contributed by atoms with van der Waals surface area (Å²) in [4.78, 5) is 35.3. The van der Waals surface area contributed by atoms with E-state index in [9.17, 15) is 14.4 Å². The fourth-order valence-corrected chi connectivity index (χ4v) is 4.75. The van der Waals surface area contributed by atoms with E-state index in [4.69, 9.17) is 15.6 Å². The highest BCUT2D eigenvalue weighted by molar-refractivity contribution is 5.97. The molecule has 4 N–H and O–H groups in total. The Labute approximate surface area is 191 Å². The number of fused-ring (bicyclic) bond motifs is 3. The minimum atomic E-state index is -1.08. The number of hydrogen-bond donors (Lipinski definition) is 3. The van der Waals surface area contributed by atoms with Gasteiger partial charge in [-0.1, -0.05) is 30.7 Å². The number of aromatic nitrogens is 1. The fourth-order valence-electron chi connectivity index (χ4n) is 4.75. The number of nitrogens with two attached hydrogens (primary N) is 1. The summed E-state index contributed by atoms with van der Waals surface area (Å²) in [6, 6.07) is 13.1. The van der Waals surface area contributed by atoms with Crippen molar-refractivity contribution in [3.05, 3.63) is 59.3 Å². The second kappa shape index (κ2) is 9.36. The Morgan fingerprint density at radius 1 is 1.15 bits per heavy atom. The molecule has 0 saturated heterocycles. The number of carbonyl (C=O) groups is 3. The van der Waals surface area contributed by atoms with Crippen molar-refractivity contribution in [2.75, 3.05) is 11.9 Å². The molecule has 0 aliphatic heterocycles. The Balaban J connectivity index is 1.93. The number of anilines is 1. The van der Waals surface area contributed by atoms with Crippen LogP contribution in [-0.4, -0.2) is 34.1 Å². The van der Waals surface area contributed by atoms with Crippen LogP contribution in [0.5, 0.6) is 5.75 Å². The van der Waals surface area contributed by atoms with Crippen LogP contribution in [0.3, 0.4) is 0 Å². The van der Waals surface area contributed by atoms with Gasteiger partial charge in [0.25, 0.3) is 0 Å². The number of aliphatic carboxylic acids is 1. The van der Waals surface area contributed by atoms with Crippen molar-refractivity contribution < 1.29 is 24.2 Å². The summed E-state index contributed by atoms with van der Waals surface area (Å²) in [5, 5.41) is 12.7. The minimum Gasteiger partial charge on any atom is -0.481 e. The summed E-state index contributed by atoms with van der Waals surface area (Å²) in [7, 11) is 0. The molecule has 1 aliphatic rings. The topological polar surface area (TPSA) is 124 Å². The Bertz CT molecular complexity index is 1230. The van der Waals surface area contributed by atoms with Crippen molar-refractivity contribution >= 4 is 34.4 Å². The molecule has 0 fully saturated rings. The summed E-state index contributed by atoms with van der Waals surface area (Å²) in [6.07, 6.45) is 3.17. The molecule has 3 aromatic rings. The zero-order valence-electron chi connectivity index (χ0n) is 18.5. The van der Waals surface area contributed by atoms with Gasteiger partial charge in [-0.3, -0.25) is 9.59 Å². The molecule has 1 aromatic heterocycles. The molecule has 8 heteroatoms. The monoisotopic (exact) mass is 449 g/mol. The average molecular weight is 450 g/mol. The van der Waals surface area contributed by atoms with Gasteiger partial charge in [-0.2, -0.15) is 0 Å². The number of para-hydroxylation sites is 1. The lowest BCUT2D eigenvalue weighted by Crippen LogP contribution is -2.21. The highest BCUT2D eigenvalue weighted by Crippen LogP contribution is 2.42. The van der Waals surface area contributed by atoms with Gasteiger partial charge in [0.15, 0.2) is 6.61 Å². The molecule has 0 bridgehead atoms. The quantitative estimate of drug-likeness (QED) is 0.477. The van der Waals surface area contributed by atoms with Crippen LogP contribution in [0.4, 0.5) is 5.69 Å². The summed E-state index contributed by atoms with van der Waals surface area (Å²) in [5.74, 6) is -1.69. The Hall–Kier alpha value is -3.81. The number of nitrogens with zero attached hydrogens (tertiary/aromatic N) is 1. The third-order valence-corrected chi connectivity index (χ3v) is 6.06. The Kier molecular flexibility index (Phi) is 6.35. The van der Waals surface area contributed by atoms with E-state index < -0.39 is 24.4 Å². The van der Waals surface area contributed by atoms with E-state index in [1.807, 2.05) is 36.4 Å². The first-order valence-corrected chi connectivity index (χ1v) is 11.0. The van der Waals surface area contributed by atoms with Gasteiger partial charge in [0.05, 0.1) is 11.4 Å². The molecule has 0 spiro atoms. The normalized spacial score (nSPS) is 15.5.